The molecule has 152 valence electrons. The first-order valence-corrected chi connectivity index (χ1v) is 9.72. The summed E-state index contributed by atoms with van der Waals surface area (Å²) in [7, 11) is 1.73. The van der Waals surface area contributed by atoms with Crippen molar-refractivity contribution in [1.82, 2.24) is 24.9 Å². The lowest BCUT2D eigenvalue weighted by Gasteiger charge is -2.18. The first-order valence-electron chi connectivity index (χ1n) is 9.72. The predicted molar refractivity (Wildman–Crippen MR) is 116 cm³/mol. The van der Waals surface area contributed by atoms with Gasteiger partial charge >= 0.3 is 0 Å². The largest absolute Gasteiger partial charge is 0.336 e. The lowest BCUT2D eigenvalue weighted by Crippen LogP contribution is -2.29. The molecular weight excluding hydrogens is 378 g/mol. The SMILES string of the molecule is Cc1ccccc1-n1nc(C)c(CN(C)C(=O)c2n[nH]c(=O)c3ccccc23)c1C. The number of H-pyrrole nitrogens is 1. The molecule has 0 fully saturated rings. The van der Waals surface area contributed by atoms with Crippen LogP contribution in [0.1, 0.15) is 33.0 Å². The number of nitrogens with one attached hydrogen (secondary N) is 1. The minimum Gasteiger partial charge on any atom is -0.336 e. The molecule has 0 saturated carbocycles. The number of aromatic nitrogens is 4. The first kappa shape index (κ1) is 19.6. The summed E-state index contributed by atoms with van der Waals surface area (Å²) in [5.74, 6) is -0.259. The molecule has 7 nitrogen and oxygen atoms in total. The fraction of sp³-hybridized carbons (Fsp3) is 0.217. The van der Waals surface area contributed by atoms with Gasteiger partial charge in [-0.3, -0.25) is 9.59 Å². The second-order valence-electron chi connectivity index (χ2n) is 7.46. The number of nitrogens with zero attached hydrogens (tertiary/aromatic N) is 4. The number of aryl methyl sites for hydroxylation is 2. The van der Waals surface area contributed by atoms with Crippen LogP contribution in [0.25, 0.3) is 16.5 Å². The topological polar surface area (TPSA) is 83.9 Å². The summed E-state index contributed by atoms with van der Waals surface area (Å²) in [6.07, 6.45) is 0. The molecule has 2 aromatic heterocycles. The second kappa shape index (κ2) is 7.59. The number of benzene rings is 2. The van der Waals surface area contributed by atoms with Crippen LogP contribution in [0.15, 0.2) is 53.3 Å². The van der Waals surface area contributed by atoms with Crippen molar-refractivity contribution < 1.29 is 4.79 Å². The quantitative estimate of drug-likeness (QED) is 0.569. The van der Waals surface area contributed by atoms with E-state index in [1.54, 1.807) is 36.2 Å². The zero-order valence-electron chi connectivity index (χ0n) is 17.4. The van der Waals surface area contributed by atoms with Gasteiger partial charge in [-0.05, 0) is 38.5 Å². The molecule has 7 heteroatoms. The van der Waals surface area contributed by atoms with Gasteiger partial charge in [-0.2, -0.15) is 10.2 Å². The molecule has 1 N–H and O–H groups in total. The van der Waals surface area contributed by atoms with E-state index in [1.807, 2.05) is 49.7 Å². The summed E-state index contributed by atoms with van der Waals surface area (Å²) in [6.45, 7) is 6.39. The molecule has 0 aliphatic carbocycles. The van der Waals surface area contributed by atoms with Gasteiger partial charge in [0.05, 0.1) is 16.8 Å². The van der Waals surface area contributed by atoms with Gasteiger partial charge in [0.1, 0.15) is 0 Å². The van der Waals surface area contributed by atoms with Crippen LogP contribution < -0.4 is 5.56 Å². The number of hydrogen-bond acceptors (Lipinski definition) is 4. The Balaban J connectivity index is 1.68. The Kier molecular flexibility index (Phi) is 4.95. The summed E-state index contributed by atoms with van der Waals surface area (Å²) in [5.41, 5.74) is 4.91. The molecule has 0 spiro atoms. The number of hydrogen-bond donors (Lipinski definition) is 1. The zero-order chi connectivity index (χ0) is 21.4. The van der Waals surface area contributed by atoms with Crippen molar-refractivity contribution in [2.75, 3.05) is 7.05 Å². The van der Waals surface area contributed by atoms with Gasteiger partial charge in [-0.25, -0.2) is 9.78 Å². The molecule has 4 rings (SSSR count). The zero-order valence-corrected chi connectivity index (χ0v) is 17.4. The van der Waals surface area contributed by atoms with Crippen LogP contribution >= 0.6 is 0 Å². The maximum Gasteiger partial charge on any atom is 0.274 e. The van der Waals surface area contributed by atoms with Crippen LogP contribution in [-0.4, -0.2) is 37.8 Å². The number of amides is 1. The van der Waals surface area contributed by atoms with Crippen LogP contribution in [-0.2, 0) is 6.54 Å². The van der Waals surface area contributed by atoms with Gasteiger partial charge in [-0.15, -0.1) is 0 Å². The highest BCUT2D eigenvalue weighted by molar-refractivity contribution is 6.04. The summed E-state index contributed by atoms with van der Waals surface area (Å²) in [4.78, 5) is 26.8. The minimum atomic E-state index is -0.309. The van der Waals surface area contributed by atoms with Crippen molar-refractivity contribution in [3.8, 4) is 5.69 Å². The van der Waals surface area contributed by atoms with Crippen molar-refractivity contribution in [3.63, 3.8) is 0 Å². The molecule has 0 saturated heterocycles. The van der Waals surface area contributed by atoms with Crippen molar-refractivity contribution in [1.29, 1.82) is 0 Å². The minimum absolute atomic E-state index is 0.231. The van der Waals surface area contributed by atoms with Crippen molar-refractivity contribution in [2.24, 2.45) is 0 Å². The fourth-order valence-electron chi connectivity index (χ4n) is 3.71. The third kappa shape index (κ3) is 3.28. The van der Waals surface area contributed by atoms with Crippen molar-refractivity contribution >= 4 is 16.7 Å². The molecule has 2 aromatic carbocycles. The summed E-state index contributed by atoms with van der Waals surface area (Å²) in [5, 5.41) is 12.2. The Morgan fingerprint density at radius 1 is 1.03 bits per heavy atom. The second-order valence-corrected chi connectivity index (χ2v) is 7.46. The number of aromatic amines is 1. The normalized spacial score (nSPS) is 11.1. The Hall–Kier alpha value is -3.74. The van der Waals surface area contributed by atoms with E-state index in [-0.39, 0.29) is 17.2 Å². The van der Waals surface area contributed by atoms with E-state index in [1.165, 1.54) is 0 Å². The summed E-state index contributed by atoms with van der Waals surface area (Å²) < 4.78 is 1.92. The van der Waals surface area contributed by atoms with Gasteiger partial charge in [0.15, 0.2) is 5.69 Å². The molecule has 0 unspecified atom stereocenters. The van der Waals surface area contributed by atoms with E-state index >= 15 is 0 Å². The highest BCUT2D eigenvalue weighted by Crippen LogP contribution is 2.22. The lowest BCUT2D eigenvalue weighted by molar-refractivity contribution is 0.0780. The average Bonchev–Trinajstić information content (AvgIpc) is 3.02. The Labute approximate surface area is 174 Å². The number of carbonyl (C=O) groups excluding carboxylic acids is 1. The lowest BCUT2D eigenvalue weighted by atomic mass is 10.1. The maximum absolute atomic E-state index is 13.1. The maximum atomic E-state index is 13.1. The van der Waals surface area contributed by atoms with Crippen LogP contribution in [0.3, 0.4) is 0 Å². The molecule has 30 heavy (non-hydrogen) atoms. The highest BCUT2D eigenvalue weighted by Gasteiger charge is 2.21. The van der Waals surface area contributed by atoms with E-state index in [0.717, 1.165) is 28.2 Å². The highest BCUT2D eigenvalue weighted by atomic mass is 16.2. The first-order chi connectivity index (χ1) is 14.4. The molecule has 2 heterocycles. The van der Waals surface area contributed by atoms with E-state index in [4.69, 9.17) is 5.10 Å². The smallest absolute Gasteiger partial charge is 0.274 e. The van der Waals surface area contributed by atoms with E-state index in [2.05, 4.69) is 10.2 Å². The van der Waals surface area contributed by atoms with Crippen molar-refractivity contribution in [3.05, 3.63) is 87.1 Å². The van der Waals surface area contributed by atoms with E-state index in [9.17, 15) is 9.59 Å². The van der Waals surface area contributed by atoms with Crippen LogP contribution in [0.2, 0.25) is 0 Å². The molecule has 4 aromatic rings. The predicted octanol–water partition coefficient (Wildman–Crippen LogP) is 3.31. The van der Waals surface area contributed by atoms with Gasteiger partial charge in [0, 0.05) is 30.2 Å². The number of rotatable bonds is 4. The molecule has 0 aliphatic rings. The monoisotopic (exact) mass is 401 g/mol. The Bertz CT molecular complexity index is 1320. The molecule has 0 atom stereocenters. The standard InChI is InChI=1S/C23H23N5O2/c1-14-9-5-8-12-20(14)28-16(3)19(15(2)26-28)13-27(4)23(30)21-17-10-6-7-11-18(17)22(29)25-24-21/h5-12H,13H2,1-4H3,(H,25,29). The van der Waals surface area contributed by atoms with Crippen LogP contribution in [0, 0.1) is 20.8 Å². The summed E-state index contributed by atoms with van der Waals surface area (Å²) >= 11 is 0. The van der Waals surface area contributed by atoms with Gasteiger partial charge < -0.3 is 4.90 Å². The number of para-hydroxylation sites is 1. The van der Waals surface area contributed by atoms with Crippen molar-refractivity contribution in [2.45, 2.75) is 27.3 Å². The van der Waals surface area contributed by atoms with Gasteiger partial charge in [0.2, 0.25) is 0 Å². The molecule has 0 aliphatic heterocycles. The third-order valence-corrected chi connectivity index (χ3v) is 5.43. The third-order valence-electron chi connectivity index (χ3n) is 5.43. The van der Waals surface area contributed by atoms with Gasteiger partial charge in [-0.1, -0.05) is 36.4 Å². The number of fused-ring (bicyclic) bond motifs is 1. The molecule has 0 bridgehead atoms. The van der Waals surface area contributed by atoms with Crippen LogP contribution in [0.5, 0.6) is 0 Å². The van der Waals surface area contributed by atoms with E-state index in [0.29, 0.717) is 17.3 Å². The van der Waals surface area contributed by atoms with E-state index < -0.39 is 0 Å². The average molecular weight is 401 g/mol. The molecule has 0 radical (unpaired) electrons. The van der Waals surface area contributed by atoms with Gasteiger partial charge in [0.25, 0.3) is 11.5 Å². The number of carbonyl (C=O) groups is 1. The summed E-state index contributed by atoms with van der Waals surface area (Å²) in [6, 6.07) is 15.1. The fourth-order valence-corrected chi connectivity index (χ4v) is 3.71. The Morgan fingerprint density at radius 3 is 2.43 bits per heavy atom. The van der Waals surface area contributed by atoms with Crippen LogP contribution in [0.4, 0.5) is 0 Å². The molecular formula is C23H23N5O2. The Morgan fingerprint density at radius 2 is 1.70 bits per heavy atom. The molecule has 1 amide bonds.